The van der Waals surface area contributed by atoms with Crippen LogP contribution in [-0.4, -0.2) is 4.31 Å². The van der Waals surface area contributed by atoms with Crippen LogP contribution in [0.1, 0.15) is 27.7 Å². The van der Waals surface area contributed by atoms with E-state index < -0.39 is 0 Å². The minimum atomic E-state index is 0.653. The molecule has 0 aliphatic heterocycles. The first-order valence-electron chi connectivity index (χ1n) is 3.98. The zero-order valence-electron chi connectivity index (χ0n) is 7.65. The van der Waals surface area contributed by atoms with Crippen LogP contribution in [0.2, 0.25) is 0 Å². The molecule has 0 amide bonds. The molecule has 1 aliphatic rings. The van der Waals surface area contributed by atoms with E-state index in [1.54, 1.807) is 0 Å². The zero-order valence-corrected chi connectivity index (χ0v) is 9.22. The summed E-state index contributed by atoms with van der Waals surface area (Å²) < 4.78 is 2.24. The molecule has 0 heterocycles. The molecule has 0 aromatic carbocycles. The SMILES string of the molecule is CC1=C(C)C(C)C([CH]=[Ti+2])=C1C. The van der Waals surface area contributed by atoms with Gasteiger partial charge in [0.15, 0.2) is 0 Å². The van der Waals surface area contributed by atoms with Crippen LogP contribution in [0.15, 0.2) is 22.3 Å². The molecule has 0 aromatic heterocycles. The second-order valence-corrected chi connectivity index (χ2v) is 3.71. The van der Waals surface area contributed by atoms with Crippen molar-refractivity contribution in [2.24, 2.45) is 5.92 Å². The van der Waals surface area contributed by atoms with Crippen LogP contribution in [0.25, 0.3) is 0 Å². The van der Waals surface area contributed by atoms with Gasteiger partial charge in [-0.3, -0.25) is 0 Å². The van der Waals surface area contributed by atoms with Gasteiger partial charge in [-0.2, -0.15) is 0 Å². The molecule has 0 saturated carbocycles. The quantitative estimate of drug-likeness (QED) is 0.547. The van der Waals surface area contributed by atoms with Crippen molar-refractivity contribution >= 4 is 4.31 Å². The third kappa shape index (κ3) is 1.34. The molecule has 0 nitrogen and oxygen atoms in total. The molecule has 1 heteroatoms. The maximum absolute atomic E-state index is 2.28. The molecule has 1 atom stereocenters. The van der Waals surface area contributed by atoms with Gasteiger partial charge in [0, 0.05) is 0 Å². The molecule has 1 rings (SSSR count). The molecular formula is C10H14Ti+2. The summed E-state index contributed by atoms with van der Waals surface area (Å²) in [7, 11) is 0. The van der Waals surface area contributed by atoms with Gasteiger partial charge in [-0.15, -0.1) is 0 Å². The number of rotatable bonds is 1. The summed E-state index contributed by atoms with van der Waals surface area (Å²) in [4.78, 5) is 0. The van der Waals surface area contributed by atoms with Crippen molar-refractivity contribution in [1.82, 2.24) is 0 Å². The van der Waals surface area contributed by atoms with E-state index >= 15 is 0 Å². The van der Waals surface area contributed by atoms with E-state index in [0.717, 1.165) is 0 Å². The molecule has 11 heavy (non-hydrogen) atoms. The van der Waals surface area contributed by atoms with Gasteiger partial charge in [-0.1, -0.05) is 0 Å². The van der Waals surface area contributed by atoms with Gasteiger partial charge in [0.25, 0.3) is 0 Å². The van der Waals surface area contributed by atoms with Gasteiger partial charge >= 0.3 is 80.2 Å². The summed E-state index contributed by atoms with van der Waals surface area (Å²) in [5.41, 5.74) is 6.03. The third-order valence-electron chi connectivity index (χ3n) is 2.86. The van der Waals surface area contributed by atoms with Crippen LogP contribution >= 0.6 is 0 Å². The van der Waals surface area contributed by atoms with Gasteiger partial charge in [0.1, 0.15) is 0 Å². The van der Waals surface area contributed by atoms with E-state index in [2.05, 4.69) is 52.0 Å². The van der Waals surface area contributed by atoms with Crippen LogP contribution < -0.4 is 0 Å². The Hall–Kier alpha value is 0.0643. The Balaban J connectivity index is 3.14. The van der Waals surface area contributed by atoms with Crippen molar-refractivity contribution in [2.45, 2.75) is 27.7 Å². The summed E-state index contributed by atoms with van der Waals surface area (Å²) in [6.07, 6.45) is 0. The Bertz CT molecular complexity index is 256. The fourth-order valence-electron chi connectivity index (χ4n) is 1.63. The average molecular weight is 182 g/mol. The summed E-state index contributed by atoms with van der Waals surface area (Å²) >= 11 is 2.13. The molecule has 0 saturated heterocycles. The van der Waals surface area contributed by atoms with Crippen LogP contribution in [0, 0.1) is 5.92 Å². The molecule has 56 valence electrons. The normalized spacial score (nSPS) is 25.1. The fraction of sp³-hybridized carbons (Fsp3) is 0.500. The molecular weight excluding hydrogens is 168 g/mol. The van der Waals surface area contributed by atoms with Crippen molar-refractivity contribution in [3.63, 3.8) is 0 Å². The Kier molecular flexibility index (Phi) is 2.67. The Morgan fingerprint density at radius 2 is 1.73 bits per heavy atom. The Morgan fingerprint density at radius 1 is 1.18 bits per heavy atom. The second-order valence-electron chi connectivity index (χ2n) is 3.25. The summed E-state index contributed by atoms with van der Waals surface area (Å²) in [6, 6.07) is 0. The maximum atomic E-state index is 2.28. The van der Waals surface area contributed by atoms with Crippen molar-refractivity contribution in [3.05, 3.63) is 22.3 Å². The van der Waals surface area contributed by atoms with Crippen LogP contribution in [0.3, 0.4) is 0 Å². The standard InChI is InChI=1S/C10H14.Ti/c1-6-7(2)9(4)10(5)8(6)3;/h1,7H,2-5H3;/q;+2. The predicted molar refractivity (Wildman–Crippen MR) is 46.3 cm³/mol. The Morgan fingerprint density at radius 3 is 1.91 bits per heavy atom. The van der Waals surface area contributed by atoms with Crippen molar-refractivity contribution in [2.75, 3.05) is 0 Å². The fourth-order valence-corrected chi connectivity index (χ4v) is 2.36. The second kappa shape index (κ2) is 3.20. The first-order chi connectivity index (χ1) is 5.09. The van der Waals surface area contributed by atoms with Crippen molar-refractivity contribution in [3.8, 4) is 0 Å². The van der Waals surface area contributed by atoms with Gasteiger partial charge in [0.05, 0.1) is 0 Å². The summed E-state index contributed by atoms with van der Waals surface area (Å²) in [5.74, 6) is 0.653. The van der Waals surface area contributed by atoms with Crippen molar-refractivity contribution in [1.29, 1.82) is 0 Å². The number of allylic oxidation sites excluding steroid dienone is 4. The molecule has 0 bridgehead atoms. The van der Waals surface area contributed by atoms with Gasteiger partial charge in [0.2, 0.25) is 0 Å². The van der Waals surface area contributed by atoms with Crippen molar-refractivity contribution < 1.29 is 20.0 Å². The van der Waals surface area contributed by atoms with E-state index in [-0.39, 0.29) is 0 Å². The van der Waals surface area contributed by atoms with Gasteiger partial charge < -0.3 is 0 Å². The molecule has 0 radical (unpaired) electrons. The topological polar surface area (TPSA) is 0 Å². The molecule has 0 spiro atoms. The summed E-state index contributed by atoms with van der Waals surface area (Å²) in [5, 5.41) is 0. The van der Waals surface area contributed by atoms with Crippen LogP contribution in [0.5, 0.6) is 0 Å². The summed E-state index contributed by atoms with van der Waals surface area (Å²) in [6.45, 7) is 8.96. The number of hydrogen-bond acceptors (Lipinski definition) is 0. The van der Waals surface area contributed by atoms with E-state index in [0.29, 0.717) is 5.92 Å². The predicted octanol–water partition coefficient (Wildman–Crippen LogP) is 2.64. The van der Waals surface area contributed by atoms with E-state index in [9.17, 15) is 0 Å². The molecule has 0 fully saturated rings. The van der Waals surface area contributed by atoms with E-state index in [4.69, 9.17) is 0 Å². The van der Waals surface area contributed by atoms with E-state index in [1.165, 1.54) is 22.3 Å². The molecule has 0 N–H and O–H groups in total. The van der Waals surface area contributed by atoms with Gasteiger partial charge in [-0.25, -0.2) is 0 Å². The average Bonchev–Trinajstić information content (AvgIpc) is 2.17. The van der Waals surface area contributed by atoms with E-state index in [1.807, 2.05) is 0 Å². The molecule has 0 aromatic rings. The van der Waals surface area contributed by atoms with Gasteiger partial charge in [-0.05, 0) is 0 Å². The molecule has 1 aliphatic carbocycles. The van der Waals surface area contributed by atoms with Crippen LogP contribution in [-0.2, 0) is 20.0 Å². The number of hydrogen-bond donors (Lipinski definition) is 0. The third-order valence-corrected chi connectivity index (χ3v) is 3.34. The monoisotopic (exact) mass is 182 g/mol. The van der Waals surface area contributed by atoms with Crippen LogP contribution in [0.4, 0.5) is 0 Å². The Labute approximate surface area is 80.3 Å². The molecule has 1 unspecified atom stereocenters. The first kappa shape index (κ1) is 9.15. The minimum absolute atomic E-state index is 0.653. The zero-order chi connectivity index (χ0) is 8.59. The first-order valence-corrected chi connectivity index (χ1v) is 4.88.